The summed E-state index contributed by atoms with van der Waals surface area (Å²) < 4.78 is 1.69. The van der Waals surface area contributed by atoms with Gasteiger partial charge in [0.15, 0.2) is 5.65 Å². The summed E-state index contributed by atoms with van der Waals surface area (Å²) in [7, 11) is 0. The van der Waals surface area contributed by atoms with Gasteiger partial charge in [0, 0.05) is 32.1 Å². The molecule has 7 heteroatoms. The van der Waals surface area contributed by atoms with Crippen LogP contribution in [0.1, 0.15) is 24.0 Å². The second-order valence-corrected chi connectivity index (χ2v) is 8.25. The molecule has 5 rings (SSSR count). The highest BCUT2D eigenvalue weighted by molar-refractivity contribution is 5.79. The van der Waals surface area contributed by atoms with Crippen LogP contribution in [0.15, 0.2) is 79.1 Å². The van der Waals surface area contributed by atoms with E-state index in [0.717, 1.165) is 48.5 Å². The predicted octanol–water partition coefficient (Wildman–Crippen LogP) is 3.57. The van der Waals surface area contributed by atoms with Gasteiger partial charge in [-0.15, -0.1) is 15.3 Å². The molecule has 32 heavy (non-hydrogen) atoms. The predicted molar refractivity (Wildman–Crippen MR) is 123 cm³/mol. The molecule has 162 valence electrons. The van der Waals surface area contributed by atoms with Crippen LogP contribution in [0.2, 0.25) is 0 Å². The van der Waals surface area contributed by atoms with E-state index in [1.807, 2.05) is 53.4 Å². The fourth-order valence-corrected chi connectivity index (χ4v) is 4.32. The highest BCUT2D eigenvalue weighted by Crippen LogP contribution is 2.25. The number of hydrogen-bond donors (Lipinski definition) is 0. The zero-order valence-electron chi connectivity index (χ0n) is 17.9. The van der Waals surface area contributed by atoms with Crippen molar-refractivity contribution < 1.29 is 4.79 Å². The van der Waals surface area contributed by atoms with Crippen molar-refractivity contribution in [1.29, 1.82) is 0 Å². The maximum atomic E-state index is 13.6. The Labute approximate surface area is 187 Å². The molecule has 1 amide bonds. The Kier molecular flexibility index (Phi) is 5.79. The van der Waals surface area contributed by atoms with E-state index in [1.165, 1.54) is 0 Å². The summed E-state index contributed by atoms with van der Waals surface area (Å²) >= 11 is 0. The number of piperidine rings is 1. The summed E-state index contributed by atoms with van der Waals surface area (Å²) in [5, 5.41) is 12.5. The van der Waals surface area contributed by atoms with Gasteiger partial charge in [-0.3, -0.25) is 4.79 Å². The number of nitrogens with zero attached hydrogens (tertiary/aromatic N) is 6. The lowest BCUT2D eigenvalue weighted by atomic mass is 9.94. The smallest absolute Gasteiger partial charge is 0.226 e. The molecule has 3 heterocycles. The van der Waals surface area contributed by atoms with E-state index in [9.17, 15) is 4.79 Å². The van der Waals surface area contributed by atoms with Crippen LogP contribution in [0, 0.1) is 5.92 Å². The number of amides is 1. The van der Waals surface area contributed by atoms with Gasteiger partial charge in [0.2, 0.25) is 5.91 Å². The monoisotopic (exact) mass is 426 g/mol. The molecule has 4 aromatic rings. The second-order valence-electron chi connectivity index (χ2n) is 8.25. The number of carbonyl (C=O) groups is 1. The summed E-state index contributed by atoms with van der Waals surface area (Å²) in [5.74, 6) is 1.16. The summed E-state index contributed by atoms with van der Waals surface area (Å²) in [4.78, 5) is 17.8. The third-order valence-electron chi connectivity index (χ3n) is 6.06. The van der Waals surface area contributed by atoms with Gasteiger partial charge in [0.05, 0.1) is 0 Å². The fraction of sp³-hybridized carbons (Fsp3) is 0.280. The Morgan fingerprint density at radius 3 is 2.12 bits per heavy atom. The van der Waals surface area contributed by atoms with Crippen LogP contribution in [-0.4, -0.2) is 43.7 Å². The average Bonchev–Trinajstić information content (AvgIpc) is 3.33. The Balaban J connectivity index is 1.28. The first-order valence-corrected chi connectivity index (χ1v) is 11.0. The normalized spacial score (nSPS) is 14.6. The van der Waals surface area contributed by atoms with E-state index in [2.05, 4.69) is 44.5 Å². The first kappa shape index (κ1) is 20.2. The molecule has 0 atom stereocenters. The van der Waals surface area contributed by atoms with Crippen LogP contribution in [-0.2, 0) is 17.9 Å². The lowest BCUT2D eigenvalue weighted by Gasteiger charge is -2.35. The molecule has 7 nitrogen and oxygen atoms in total. The quantitative estimate of drug-likeness (QED) is 0.472. The zero-order chi connectivity index (χ0) is 21.8. The SMILES string of the molecule is O=C(C1CCN(c2ccc3nncn3n2)CC1)N(Cc1ccccc1)Cc1ccccc1. The van der Waals surface area contributed by atoms with Crippen LogP contribution in [0.3, 0.4) is 0 Å². The summed E-state index contributed by atoms with van der Waals surface area (Å²) in [6.45, 7) is 2.87. The van der Waals surface area contributed by atoms with Crippen molar-refractivity contribution in [3.8, 4) is 0 Å². The van der Waals surface area contributed by atoms with Crippen molar-refractivity contribution in [2.45, 2.75) is 25.9 Å². The molecule has 0 saturated carbocycles. The summed E-state index contributed by atoms with van der Waals surface area (Å²) in [6, 6.07) is 24.4. The Morgan fingerprint density at radius 2 is 1.50 bits per heavy atom. The average molecular weight is 427 g/mol. The van der Waals surface area contributed by atoms with E-state index in [0.29, 0.717) is 13.1 Å². The molecule has 0 radical (unpaired) electrons. The number of carbonyl (C=O) groups excluding carboxylic acids is 1. The molecule has 2 aromatic carbocycles. The minimum Gasteiger partial charge on any atom is -0.355 e. The maximum Gasteiger partial charge on any atom is 0.226 e. The lowest BCUT2D eigenvalue weighted by molar-refractivity contribution is -0.137. The molecule has 0 aliphatic carbocycles. The van der Waals surface area contributed by atoms with Gasteiger partial charge >= 0.3 is 0 Å². The van der Waals surface area contributed by atoms with E-state index in [-0.39, 0.29) is 11.8 Å². The third-order valence-corrected chi connectivity index (χ3v) is 6.06. The number of anilines is 1. The standard InChI is InChI=1S/C25H26N6O/c32-25(30(17-20-7-3-1-4-8-20)18-21-9-5-2-6-10-21)22-13-15-29(16-14-22)24-12-11-23-27-26-19-31(23)28-24/h1-12,19,22H,13-18H2. The van der Waals surface area contributed by atoms with Crippen molar-refractivity contribution in [3.63, 3.8) is 0 Å². The second kappa shape index (κ2) is 9.18. The van der Waals surface area contributed by atoms with Crippen LogP contribution in [0.5, 0.6) is 0 Å². The van der Waals surface area contributed by atoms with E-state index in [4.69, 9.17) is 0 Å². The number of aromatic nitrogens is 4. The zero-order valence-corrected chi connectivity index (χ0v) is 17.9. The van der Waals surface area contributed by atoms with Crippen LogP contribution in [0.25, 0.3) is 5.65 Å². The minimum atomic E-state index is 0.0253. The molecular formula is C25H26N6O. The minimum absolute atomic E-state index is 0.0253. The maximum absolute atomic E-state index is 13.6. The summed E-state index contributed by atoms with van der Waals surface area (Å²) in [6.07, 6.45) is 3.25. The molecule has 1 aliphatic heterocycles. The largest absolute Gasteiger partial charge is 0.355 e. The van der Waals surface area contributed by atoms with Gasteiger partial charge in [0.1, 0.15) is 12.1 Å². The topological polar surface area (TPSA) is 66.6 Å². The van der Waals surface area contributed by atoms with Gasteiger partial charge in [-0.25, -0.2) is 0 Å². The number of benzene rings is 2. The van der Waals surface area contributed by atoms with Gasteiger partial charge in [-0.05, 0) is 36.1 Å². The number of rotatable bonds is 6. The first-order valence-electron chi connectivity index (χ1n) is 11.0. The van der Waals surface area contributed by atoms with E-state index < -0.39 is 0 Å². The lowest BCUT2D eigenvalue weighted by Crippen LogP contribution is -2.42. The molecule has 0 unspecified atom stereocenters. The Bertz CT molecular complexity index is 1130. The Hall–Kier alpha value is -3.74. The van der Waals surface area contributed by atoms with Gasteiger partial charge in [-0.1, -0.05) is 60.7 Å². The number of fused-ring (bicyclic) bond motifs is 1. The van der Waals surface area contributed by atoms with E-state index in [1.54, 1.807) is 10.8 Å². The van der Waals surface area contributed by atoms with Crippen molar-refractivity contribution >= 4 is 17.4 Å². The van der Waals surface area contributed by atoms with Crippen molar-refractivity contribution in [2.24, 2.45) is 5.92 Å². The molecule has 0 bridgehead atoms. The van der Waals surface area contributed by atoms with Gasteiger partial charge in [-0.2, -0.15) is 4.52 Å². The van der Waals surface area contributed by atoms with Crippen molar-refractivity contribution in [3.05, 3.63) is 90.3 Å². The van der Waals surface area contributed by atoms with E-state index >= 15 is 0 Å². The highest BCUT2D eigenvalue weighted by Gasteiger charge is 2.29. The summed E-state index contributed by atoms with van der Waals surface area (Å²) in [5.41, 5.74) is 3.04. The third kappa shape index (κ3) is 4.46. The Morgan fingerprint density at radius 1 is 0.875 bits per heavy atom. The first-order chi connectivity index (χ1) is 15.8. The van der Waals surface area contributed by atoms with Crippen LogP contribution >= 0.6 is 0 Å². The molecular weight excluding hydrogens is 400 g/mol. The van der Waals surface area contributed by atoms with Gasteiger partial charge < -0.3 is 9.80 Å². The highest BCUT2D eigenvalue weighted by atomic mass is 16.2. The van der Waals surface area contributed by atoms with Crippen molar-refractivity contribution in [1.82, 2.24) is 24.7 Å². The molecule has 1 saturated heterocycles. The van der Waals surface area contributed by atoms with Gasteiger partial charge in [0.25, 0.3) is 0 Å². The van der Waals surface area contributed by atoms with Crippen LogP contribution < -0.4 is 4.90 Å². The van der Waals surface area contributed by atoms with Crippen LogP contribution in [0.4, 0.5) is 5.82 Å². The molecule has 0 spiro atoms. The molecule has 1 aliphatic rings. The fourth-order valence-electron chi connectivity index (χ4n) is 4.32. The molecule has 0 N–H and O–H groups in total. The molecule has 2 aromatic heterocycles. The number of hydrogen-bond acceptors (Lipinski definition) is 5. The molecule has 1 fully saturated rings. The van der Waals surface area contributed by atoms with Crippen molar-refractivity contribution in [2.75, 3.05) is 18.0 Å².